The van der Waals surface area contributed by atoms with Crippen LogP contribution in [0.3, 0.4) is 0 Å². The third kappa shape index (κ3) is 2.80. The summed E-state index contributed by atoms with van der Waals surface area (Å²) in [5.74, 6) is 0. The first kappa shape index (κ1) is 14.0. The fraction of sp³-hybridized carbons (Fsp3) is 0.417. The average molecular weight is 374 g/mol. The second-order valence-corrected chi connectivity index (χ2v) is 5.36. The van der Waals surface area contributed by atoms with Crippen LogP contribution < -0.4 is 11.2 Å². The molecule has 7 heteroatoms. The van der Waals surface area contributed by atoms with Crippen molar-refractivity contribution in [3.63, 3.8) is 0 Å². The molecule has 0 aliphatic rings. The third-order valence-corrected chi connectivity index (χ3v) is 3.79. The highest BCUT2D eigenvalue weighted by atomic mass is 127. The Morgan fingerprint density at radius 2 is 2.11 bits per heavy atom. The van der Waals surface area contributed by atoms with Crippen LogP contribution >= 0.6 is 22.6 Å². The van der Waals surface area contributed by atoms with Crippen LogP contribution in [0, 0.1) is 3.57 Å². The fourth-order valence-corrected chi connectivity index (χ4v) is 2.54. The molecular formula is C12H15IN4O2. The standard InChI is InChI=1S/C12H15IN4O2/c1-3-16-8-10(13)11(18)17(12(16)19)7-5-9-4-6-14-15(9)2/h4,6,8H,3,5,7H2,1-2H3. The van der Waals surface area contributed by atoms with E-state index < -0.39 is 0 Å². The van der Waals surface area contributed by atoms with E-state index in [1.54, 1.807) is 21.6 Å². The molecule has 102 valence electrons. The molecule has 0 aliphatic carbocycles. The highest BCUT2D eigenvalue weighted by molar-refractivity contribution is 14.1. The van der Waals surface area contributed by atoms with Gasteiger partial charge in [0.2, 0.25) is 0 Å². The zero-order valence-corrected chi connectivity index (χ0v) is 13.0. The van der Waals surface area contributed by atoms with Gasteiger partial charge < -0.3 is 0 Å². The molecule has 0 fully saturated rings. The molecule has 6 nitrogen and oxygen atoms in total. The molecule has 0 saturated carbocycles. The van der Waals surface area contributed by atoms with Gasteiger partial charge in [-0.2, -0.15) is 5.10 Å². The van der Waals surface area contributed by atoms with Crippen molar-refractivity contribution in [1.82, 2.24) is 18.9 Å². The molecule has 0 aromatic carbocycles. The van der Waals surface area contributed by atoms with Crippen LogP contribution in [0.4, 0.5) is 0 Å². The number of nitrogens with zero attached hydrogens (tertiary/aromatic N) is 4. The van der Waals surface area contributed by atoms with Gasteiger partial charge in [-0.1, -0.05) is 0 Å². The fourth-order valence-electron chi connectivity index (χ4n) is 1.91. The Morgan fingerprint density at radius 3 is 2.68 bits per heavy atom. The van der Waals surface area contributed by atoms with Crippen LogP contribution in [0.25, 0.3) is 0 Å². The minimum Gasteiger partial charge on any atom is -0.300 e. The zero-order valence-electron chi connectivity index (χ0n) is 10.8. The van der Waals surface area contributed by atoms with Crippen molar-refractivity contribution in [3.8, 4) is 0 Å². The molecule has 0 aliphatic heterocycles. The Hall–Kier alpha value is -1.38. The van der Waals surface area contributed by atoms with E-state index in [9.17, 15) is 9.59 Å². The SMILES string of the molecule is CCn1cc(I)c(=O)n(CCc2ccnn2C)c1=O. The van der Waals surface area contributed by atoms with Crippen molar-refractivity contribution in [2.75, 3.05) is 0 Å². The lowest BCUT2D eigenvalue weighted by Crippen LogP contribution is -2.41. The van der Waals surface area contributed by atoms with Gasteiger partial charge in [0.15, 0.2) is 0 Å². The number of aromatic nitrogens is 4. The van der Waals surface area contributed by atoms with Crippen LogP contribution in [0.1, 0.15) is 12.6 Å². The number of rotatable bonds is 4. The zero-order chi connectivity index (χ0) is 14.0. The molecular weight excluding hydrogens is 359 g/mol. The number of hydrogen-bond acceptors (Lipinski definition) is 3. The first-order valence-electron chi connectivity index (χ1n) is 6.01. The predicted molar refractivity (Wildman–Crippen MR) is 80.3 cm³/mol. The lowest BCUT2D eigenvalue weighted by molar-refractivity contribution is 0.548. The van der Waals surface area contributed by atoms with Gasteiger partial charge in [0, 0.05) is 44.6 Å². The highest BCUT2D eigenvalue weighted by Gasteiger charge is 2.09. The summed E-state index contributed by atoms with van der Waals surface area (Å²) in [4.78, 5) is 24.1. The smallest absolute Gasteiger partial charge is 0.300 e. The molecule has 0 atom stereocenters. The third-order valence-electron chi connectivity index (χ3n) is 3.05. The van der Waals surface area contributed by atoms with E-state index in [-0.39, 0.29) is 11.2 Å². The molecule has 2 rings (SSSR count). The number of aryl methyl sites for hydroxylation is 3. The number of hydrogen-bond donors (Lipinski definition) is 0. The van der Waals surface area contributed by atoms with Crippen molar-refractivity contribution in [3.05, 3.63) is 48.6 Å². The normalized spacial score (nSPS) is 10.9. The van der Waals surface area contributed by atoms with Crippen molar-refractivity contribution in [2.45, 2.75) is 26.4 Å². The lowest BCUT2D eigenvalue weighted by atomic mass is 10.3. The van der Waals surface area contributed by atoms with Gasteiger partial charge in [-0.05, 0) is 35.6 Å². The average Bonchev–Trinajstić information content (AvgIpc) is 2.79. The number of halogens is 1. The molecule has 2 aromatic heterocycles. The van der Waals surface area contributed by atoms with Crippen molar-refractivity contribution in [1.29, 1.82) is 0 Å². The molecule has 0 radical (unpaired) electrons. The molecule has 0 bridgehead atoms. The van der Waals surface area contributed by atoms with Crippen LogP contribution in [0.5, 0.6) is 0 Å². The minimum atomic E-state index is -0.255. The van der Waals surface area contributed by atoms with E-state index in [1.807, 2.05) is 42.6 Å². The van der Waals surface area contributed by atoms with Gasteiger partial charge >= 0.3 is 5.69 Å². The van der Waals surface area contributed by atoms with Gasteiger partial charge in [0.05, 0.1) is 3.57 Å². The molecule has 19 heavy (non-hydrogen) atoms. The van der Waals surface area contributed by atoms with Crippen molar-refractivity contribution in [2.24, 2.45) is 7.05 Å². The van der Waals surface area contributed by atoms with E-state index in [2.05, 4.69) is 5.10 Å². The van der Waals surface area contributed by atoms with Crippen molar-refractivity contribution >= 4 is 22.6 Å². The first-order chi connectivity index (χ1) is 9.04. The van der Waals surface area contributed by atoms with E-state index in [4.69, 9.17) is 0 Å². The van der Waals surface area contributed by atoms with E-state index in [0.717, 1.165) is 5.69 Å². The van der Waals surface area contributed by atoms with Gasteiger partial charge in [-0.25, -0.2) is 4.79 Å². The molecule has 0 spiro atoms. The van der Waals surface area contributed by atoms with Gasteiger partial charge in [0.1, 0.15) is 0 Å². The van der Waals surface area contributed by atoms with Crippen molar-refractivity contribution < 1.29 is 0 Å². The maximum atomic E-state index is 12.1. The molecule has 0 unspecified atom stereocenters. The summed E-state index contributed by atoms with van der Waals surface area (Å²) >= 11 is 1.96. The molecule has 0 N–H and O–H groups in total. The Balaban J connectivity index is 2.35. The van der Waals surface area contributed by atoms with Crippen LogP contribution in [-0.2, 0) is 26.6 Å². The van der Waals surface area contributed by atoms with Crippen LogP contribution in [0.15, 0.2) is 28.0 Å². The maximum absolute atomic E-state index is 12.1. The molecule has 0 saturated heterocycles. The quantitative estimate of drug-likeness (QED) is 0.737. The summed E-state index contributed by atoms with van der Waals surface area (Å²) in [6, 6.07) is 1.89. The second-order valence-electron chi connectivity index (χ2n) is 4.20. The van der Waals surface area contributed by atoms with E-state index in [1.165, 1.54) is 4.57 Å². The van der Waals surface area contributed by atoms with Gasteiger partial charge in [-0.3, -0.25) is 18.6 Å². The Labute approximate surface area is 123 Å². The van der Waals surface area contributed by atoms with Gasteiger partial charge in [0.25, 0.3) is 5.56 Å². The summed E-state index contributed by atoms with van der Waals surface area (Å²) in [6.45, 7) is 2.81. The summed E-state index contributed by atoms with van der Waals surface area (Å²) in [7, 11) is 1.84. The summed E-state index contributed by atoms with van der Waals surface area (Å²) in [5, 5.41) is 4.07. The largest absolute Gasteiger partial charge is 0.331 e. The molecule has 2 heterocycles. The summed E-state index contributed by atoms with van der Waals surface area (Å²) in [5.41, 5.74) is 0.515. The summed E-state index contributed by atoms with van der Waals surface area (Å²) < 4.78 is 5.14. The topological polar surface area (TPSA) is 61.8 Å². The predicted octanol–water partition coefficient (Wildman–Crippen LogP) is 0.611. The second kappa shape index (κ2) is 5.72. The van der Waals surface area contributed by atoms with Crippen LogP contribution in [-0.4, -0.2) is 18.9 Å². The lowest BCUT2D eigenvalue weighted by Gasteiger charge is -2.09. The summed E-state index contributed by atoms with van der Waals surface area (Å²) in [6.07, 6.45) is 3.92. The Morgan fingerprint density at radius 1 is 1.37 bits per heavy atom. The molecule has 2 aromatic rings. The monoisotopic (exact) mass is 374 g/mol. The van der Waals surface area contributed by atoms with Gasteiger partial charge in [-0.15, -0.1) is 0 Å². The minimum absolute atomic E-state index is 0.225. The maximum Gasteiger partial charge on any atom is 0.331 e. The van der Waals surface area contributed by atoms with E-state index >= 15 is 0 Å². The highest BCUT2D eigenvalue weighted by Crippen LogP contribution is 1.99. The molecule has 0 amide bonds. The van der Waals surface area contributed by atoms with Crippen LogP contribution in [0.2, 0.25) is 0 Å². The Bertz CT molecular complexity index is 698. The van der Waals surface area contributed by atoms with E-state index in [0.29, 0.717) is 23.1 Å². The Kier molecular flexibility index (Phi) is 4.23. The first-order valence-corrected chi connectivity index (χ1v) is 7.09.